The lowest BCUT2D eigenvalue weighted by Gasteiger charge is -2.05. The van der Waals surface area contributed by atoms with Crippen molar-refractivity contribution < 1.29 is 0 Å². The lowest BCUT2D eigenvalue weighted by atomic mass is 10.3. The fraction of sp³-hybridized carbons (Fsp3) is 0.182. The molecule has 0 saturated carbocycles. The Morgan fingerprint density at radius 2 is 2.00 bits per heavy atom. The first kappa shape index (κ1) is 12.9. The van der Waals surface area contributed by atoms with Crippen molar-refractivity contribution in [3.63, 3.8) is 0 Å². The number of hydrogen-bond acceptors (Lipinski definition) is 3. The smallest absolute Gasteiger partial charge is 0.180 e. The van der Waals surface area contributed by atoms with Gasteiger partial charge in [0.05, 0.1) is 0 Å². The van der Waals surface area contributed by atoms with Gasteiger partial charge in [0.2, 0.25) is 0 Å². The first-order chi connectivity index (χ1) is 8.10. The van der Waals surface area contributed by atoms with Gasteiger partial charge >= 0.3 is 0 Å². The molecule has 0 radical (unpaired) electrons. The maximum absolute atomic E-state index is 5.96. The number of rotatable bonds is 2. The molecule has 2 aromatic heterocycles. The number of aryl methyl sites for hydroxylation is 1. The minimum absolute atomic E-state index is 0.434. The Hall–Kier alpha value is -0.520. The minimum atomic E-state index is 0.434. The Morgan fingerprint density at radius 1 is 1.24 bits per heavy atom. The van der Waals surface area contributed by atoms with E-state index >= 15 is 0 Å². The predicted octanol–water partition coefficient (Wildman–Crippen LogP) is 4.28. The number of pyridine rings is 1. The van der Waals surface area contributed by atoms with Crippen molar-refractivity contribution in [2.75, 3.05) is 0 Å². The lowest BCUT2D eigenvalue weighted by molar-refractivity contribution is 0.996. The molecule has 0 fully saturated rings. The van der Waals surface area contributed by atoms with E-state index in [0.717, 1.165) is 21.1 Å². The molecule has 0 aromatic carbocycles. The van der Waals surface area contributed by atoms with Crippen LogP contribution in [0.1, 0.15) is 12.6 Å². The van der Waals surface area contributed by atoms with Crippen molar-refractivity contribution >= 4 is 43.5 Å². The van der Waals surface area contributed by atoms with E-state index in [2.05, 4.69) is 46.8 Å². The fourth-order valence-electron chi connectivity index (χ4n) is 1.33. The summed E-state index contributed by atoms with van der Waals surface area (Å²) in [6, 6.07) is 3.66. The Labute approximate surface area is 121 Å². The highest BCUT2D eigenvalue weighted by atomic mass is 79.9. The molecule has 2 aromatic rings. The maximum Gasteiger partial charge on any atom is 0.180 e. The van der Waals surface area contributed by atoms with Gasteiger partial charge in [-0.2, -0.15) is 0 Å². The summed E-state index contributed by atoms with van der Waals surface area (Å²) in [5, 5.41) is 0.434. The standard InChI is InChI=1S/C11H8Br2ClN3/c1-2-7-4-9(14)17-11(16-7)10-8(13)3-6(12)5-15-10/h3-5H,2H2,1H3. The molecule has 88 valence electrons. The van der Waals surface area contributed by atoms with Crippen LogP contribution in [-0.2, 0) is 6.42 Å². The Morgan fingerprint density at radius 3 is 2.65 bits per heavy atom. The monoisotopic (exact) mass is 375 g/mol. The van der Waals surface area contributed by atoms with E-state index in [4.69, 9.17) is 11.6 Å². The molecule has 0 aliphatic rings. The van der Waals surface area contributed by atoms with E-state index in [1.807, 2.05) is 13.0 Å². The largest absolute Gasteiger partial charge is 0.251 e. The molecule has 0 aliphatic heterocycles. The molecule has 0 spiro atoms. The SMILES string of the molecule is CCc1cc(Cl)nc(-c2ncc(Br)cc2Br)n1. The summed E-state index contributed by atoms with van der Waals surface area (Å²) >= 11 is 12.8. The third-order valence-electron chi connectivity index (χ3n) is 2.13. The Kier molecular flexibility index (Phi) is 4.12. The zero-order valence-electron chi connectivity index (χ0n) is 8.91. The highest BCUT2D eigenvalue weighted by Crippen LogP contribution is 2.27. The number of aromatic nitrogens is 3. The molecule has 0 bridgehead atoms. The molecule has 2 rings (SSSR count). The van der Waals surface area contributed by atoms with Crippen molar-refractivity contribution in [2.24, 2.45) is 0 Å². The molecule has 17 heavy (non-hydrogen) atoms. The normalized spacial score (nSPS) is 10.6. The van der Waals surface area contributed by atoms with E-state index in [0.29, 0.717) is 16.7 Å². The van der Waals surface area contributed by atoms with E-state index < -0.39 is 0 Å². The van der Waals surface area contributed by atoms with Gasteiger partial charge in [-0.05, 0) is 50.4 Å². The van der Waals surface area contributed by atoms with Crippen molar-refractivity contribution in [2.45, 2.75) is 13.3 Å². The summed E-state index contributed by atoms with van der Waals surface area (Å²) in [7, 11) is 0. The molecule has 0 N–H and O–H groups in total. The third kappa shape index (κ3) is 3.03. The maximum atomic E-state index is 5.96. The second-order valence-corrected chi connectivity index (χ2v) is 5.50. The van der Waals surface area contributed by atoms with E-state index in [1.54, 1.807) is 12.3 Å². The zero-order chi connectivity index (χ0) is 12.4. The van der Waals surface area contributed by atoms with Gasteiger partial charge in [0.25, 0.3) is 0 Å². The van der Waals surface area contributed by atoms with Crippen LogP contribution >= 0.6 is 43.5 Å². The Bertz CT molecular complexity index is 560. The molecule has 0 saturated heterocycles. The van der Waals surface area contributed by atoms with E-state index in [9.17, 15) is 0 Å². The summed E-state index contributed by atoms with van der Waals surface area (Å²) < 4.78 is 1.72. The van der Waals surface area contributed by atoms with Crippen LogP contribution in [0.25, 0.3) is 11.5 Å². The van der Waals surface area contributed by atoms with Gasteiger partial charge in [-0.3, -0.25) is 4.98 Å². The molecule has 6 heteroatoms. The Balaban J connectivity index is 2.55. The average molecular weight is 377 g/mol. The molecule has 3 nitrogen and oxygen atoms in total. The molecule has 0 amide bonds. The van der Waals surface area contributed by atoms with Gasteiger partial charge < -0.3 is 0 Å². The van der Waals surface area contributed by atoms with Gasteiger partial charge in [-0.15, -0.1) is 0 Å². The summed E-state index contributed by atoms with van der Waals surface area (Å²) in [5.41, 5.74) is 1.59. The van der Waals surface area contributed by atoms with Crippen molar-refractivity contribution in [3.8, 4) is 11.5 Å². The fourth-order valence-corrected chi connectivity index (χ4v) is 2.70. The van der Waals surface area contributed by atoms with Crippen molar-refractivity contribution in [3.05, 3.63) is 38.1 Å². The van der Waals surface area contributed by atoms with Crippen molar-refractivity contribution in [1.29, 1.82) is 0 Å². The second kappa shape index (κ2) is 5.42. The van der Waals surface area contributed by atoms with Gasteiger partial charge in [-0.1, -0.05) is 18.5 Å². The lowest BCUT2D eigenvalue weighted by Crippen LogP contribution is -1.97. The number of hydrogen-bond donors (Lipinski definition) is 0. The summed E-state index contributed by atoms with van der Waals surface area (Å²) in [6.07, 6.45) is 2.51. The van der Waals surface area contributed by atoms with Gasteiger partial charge in [0.1, 0.15) is 10.8 Å². The highest BCUT2D eigenvalue weighted by molar-refractivity contribution is 9.11. The summed E-state index contributed by atoms with van der Waals surface area (Å²) in [4.78, 5) is 12.9. The second-order valence-electron chi connectivity index (χ2n) is 3.34. The minimum Gasteiger partial charge on any atom is -0.251 e. The van der Waals surface area contributed by atoms with Gasteiger partial charge in [0, 0.05) is 20.8 Å². The zero-order valence-corrected chi connectivity index (χ0v) is 12.8. The number of nitrogens with zero attached hydrogens (tertiary/aromatic N) is 3. The molecular formula is C11H8Br2ClN3. The van der Waals surface area contributed by atoms with Crippen LogP contribution in [0.4, 0.5) is 0 Å². The third-order valence-corrected chi connectivity index (χ3v) is 3.36. The van der Waals surface area contributed by atoms with Gasteiger partial charge in [0.15, 0.2) is 5.82 Å². The highest BCUT2D eigenvalue weighted by Gasteiger charge is 2.10. The molecule has 0 atom stereocenters. The van der Waals surface area contributed by atoms with Crippen LogP contribution < -0.4 is 0 Å². The summed E-state index contributed by atoms with van der Waals surface area (Å²) in [5.74, 6) is 0.536. The molecular weight excluding hydrogens is 369 g/mol. The van der Waals surface area contributed by atoms with Crippen LogP contribution in [0, 0.1) is 0 Å². The predicted molar refractivity (Wildman–Crippen MR) is 75.1 cm³/mol. The number of halogens is 3. The van der Waals surface area contributed by atoms with Crippen LogP contribution in [-0.4, -0.2) is 15.0 Å². The van der Waals surface area contributed by atoms with E-state index in [1.165, 1.54) is 0 Å². The molecule has 0 unspecified atom stereocenters. The van der Waals surface area contributed by atoms with E-state index in [-0.39, 0.29) is 0 Å². The first-order valence-electron chi connectivity index (χ1n) is 4.95. The van der Waals surface area contributed by atoms with Crippen LogP contribution in [0.2, 0.25) is 5.15 Å². The first-order valence-corrected chi connectivity index (χ1v) is 6.91. The molecule has 2 heterocycles. The van der Waals surface area contributed by atoms with Gasteiger partial charge in [-0.25, -0.2) is 9.97 Å². The average Bonchev–Trinajstić information content (AvgIpc) is 2.28. The topological polar surface area (TPSA) is 38.7 Å². The quantitative estimate of drug-likeness (QED) is 0.734. The van der Waals surface area contributed by atoms with Crippen LogP contribution in [0.3, 0.4) is 0 Å². The molecule has 0 aliphatic carbocycles. The van der Waals surface area contributed by atoms with Crippen molar-refractivity contribution in [1.82, 2.24) is 15.0 Å². The summed E-state index contributed by atoms with van der Waals surface area (Å²) in [6.45, 7) is 2.02. The van der Waals surface area contributed by atoms with Crippen LogP contribution in [0.5, 0.6) is 0 Å². The van der Waals surface area contributed by atoms with Crippen LogP contribution in [0.15, 0.2) is 27.3 Å².